The lowest BCUT2D eigenvalue weighted by Gasteiger charge is -2.05. The third kappa shape index (κ3) is 6.21. The molecular weight excluding hydrogens is 240 g/mol. The standard InChI is InChI=1S/C11H18N2O5/c1-9-7-11(13-18-9)17-8-10(15)12-3-2-5-16-6-4-14/h7,14H,2-6,8H2,1H3,(H,12,15). The Balaban J connectivity index is 2.00. The van der Waals surface area contributed by atoms with Crippen LogP contribution in [0.1, 0.15) is 12.2 Å². The molecule has 0 aliphatic heterocycles. The maximum Gasteiger partial charge on any atom is 0.258 e. The van der Waals surface area contributed by atoms with E-state index in [1.54, 1.807) is 13.0 Å². The third-order valence-corrected chi connectivity index (χ3v) is 1.98. The van der Waals surface area contributed by atoms with E-state index in [9.17, 15) is 4.79 Å². The number of hydrogen-bond acceptors (Lipinski definition) is 6. The van der Waals surface area contributed by atoms with Gasteiger partial charge in [-0.2, -0.15) is 0 Å². The van der Waals surface area contributed by atoms with Gasteiger partial charge in [0, 0.05) is 19.2 Å². The molecule has 2 N–H and O–H groups in total. The average Bonchev–Trinajstić information content (AvgIpc) is 2.77. The Labute approximate surface area is 105 Å². The number of ether oxygens (including phenoxy) is 2. The normalized spacial score (nSPS) is 10.3. The van der Waals surface area contributed by atoms with Gasteiger partial charge in [0.25, 0.3) is 11.8 Å². The molecule has 0 spiro atoms. The summed E-state index contributed by atoms with van der Waals surface area (Å²) in [5, 5.41) is 14.7. The van der Waals surface area contributed by atoms with Gasteiger partial charge in [-0.05, 0) is 18.5 Å². The van der Waals surface area contributed by atoms with Crippen LogP contribution >= 0.6 is 0 Å². The minimum atomic E-state index is -0.224. The molecule has 0 fully saturated rings. The second-order valence-electron chi connectivity index (χ2n) is 3.60. The number of carbonyl (C=O) groups is 1. The predicted molar refractivity (Wildman–Crippen MR) is 62.3 cm³/mol. The van der Waals surface area contributed by atoms with Crippen LogP contribution in [0.15, 0.2) is 10.6 Å². The molecule has 0 aromatic carbocycles. The minimum absolute atomic E-state index is 0.0112. The highest BCUT2D eigenvalue weighted by Crippen LogP contribution is 2.09. The lowest BCUT2D eigenvalue weighted by Crippen LogP contribution is -2.30. The Morgan fingerprint density at radius 3 is 3.06 bits per heavy atom. The fraction of sp³-hybridized carbons (Fsp3) is 0.636. The quantitative estimate of drug-likeness (QED) is 0.600. The predicted octanol–water partition coefficient (Wildman–Crippen LogP) is -0.123. The molecule has 0 radical (unpaired) electrons. The van der Waals surface area contributed by atoms with E-state index < -0.39 is 0 Å². The smallest absolute Gasteiger partial charge is 0.258 e. The zero-order valence-corrected chi connectivity index (χ0v) is 10.3. The molecule has 1 aromatic heterocycles. The van der Waals surface area contributed by atoms with E-state index in [-0.39, 0.29) is 19.1 Å². The van der Waals surface area contributed by atoms with E-state index in [0.29, 0.717) is 37.8 Å². The number of carbonyl (C=O) groups excluding carboxylic acids is 1. The molecule has 1 rings (SSSR count). The zero-order chi connectivity index (χ0) is 13.2. The fourth-order valence-corrected chi connectivity index (χ4v) is 1.17. The van der Waals surface area contributed by atoms with E-state index in [1.165, 1.54) is 0 Å². The van der Waals surface area contributed by atoms with Crippen LogP contribution in [0.5, 0.6) is 5.88 Å². The van der Waals surface area contributed by atoms with Crippen molar-refractivity contribution in [3.05, 3.63) is 11.8 Å². The fourth-order valence-electron chi connectivity index (χ4n) is 1.17. The second kappa shape index (κ2) is 8.48. The largest absolute Gasteiger partial charge is 0.465 e. The number of nitrogens with one attached hydrogen (secondary N) is 1. The van der Waals surface area contributed by atoms with Gasteiger partial charge < -0.3 is 24.4 Å². The van der Waals surface area contributed by atoms with Gasteiger partial charge in [0.05, 0.1) is 13.2 Å². The third-order valence-electron chi connectivity index (χ3n) is 1.98. The Kier molecular flexibility index (Phi) is 6.82. The number of aliphatic hydroxyl groups is 1. The van der Waals surface area contributed by atoms with Crippen LogP contribution < -0.4 is 10.1 Å². The number of rotatable bonds is 9. The summed E-state index contributed by atoms with van der Waals surface area (Å²) < 4.78 is 14.9. The van der Waals surface area contributed by atoms with Crippen LogP contribution in [-0.2, 0) is 9.53 Å². The molecule has 7 nitrogen and oxygen atoms in total. The highest BCUT2D eigenvalue weighted by atomic mass is 16.5. The van der Waals surface area contributed by atoms with E-state index >= 15 is 0 Å². The summed E-state index contributed by atoms with van der Waals surface area (Å²) in [6.07, 6.45) is 0.689. The van der Waals surface area contributed by atoms with Gasteiger partial charge in [0.15, 0.2) is 6.61 Å². The van der Waals surface area contributed by atoms with Crippen LogP contribution in [-0.4, -0.2) is 49.1 Å². The van der Waals surface area contributed by atoms with Crippen molar-refractivity contribution in [1.82, 2.24) is 10.5 Å². The number of aromatic nitrogens is 1. The summed E-state index contributed by atoms with van der Waals surface area (Å²) in [4.78, 5) is 11.3. The Morgan fingerprint density at radius 1 is 1.56 bits per heavy atom. The first-order valence-electron chi connectivity index (χ1n) is 5.74. The average molecular weight is 258 g/mol. The van der Waals surface area contributed by atoms with E-state index in [4.69, 9.17) is 19.1 Å². The highest BCUT2D eigenvalue weighted by Gasteiger charge is 2.05. The van der Waals surface area contributed by atoms with Crippen molar-refractivity contribution in [2.75, 3.05) is 33.0 Å². The monoisotopic (exact) mass is 258 g/mol. The molecule has 0 unspecified atom stereocenters. The van der Waals surface area contributed by atoms with Crippen molar-refractivity contribution >= 4 is 5.91 Å². The first kappa shape index (κ1) is 14.5. The van der Waals surface area contributed by atoms with Crippen molar-refractivity contribution in [3.8, 4) is 5.88 Å². The summed E-state index contributed by atoms with van der Waals surface area (Å²) in [6, 6.07) is 1.61. The summed E-state index contributed by atoms with van der Waals surface area (Å²) in [5.41, 5.74) is 0. The van der Waals surface area contributed by atoms with Crippen molar-refractivity contribution in [2.24, 2.45) is 0 Å². The Bertz CT molecular complexity index is 353. The van der Waals surface area contributed by atoms with E-state index in [1.807, 2.05) is 0 Å². The number of amides is 1. The van der Waals surface area contributed by atoms with Crippen LogP contribution in [0, 0.1) is 6.92 Å². The summed E-state index contributed by atoms with van der Waals surface area (Å²) in [5.74, 6) is 0.707. The van der Waals surface area contributed by atoms with Gasteiger partial charge in [-0.25, -0.2) is 0 Å². The Morgan fingerprint density at radius 2 is 2.39 bits per heavy atom. The molecule has 102 valence electrons. The topological polar surface area (TPSA) is 93.8 Å². The van der Waals surface area contributed by atoms with Gasteiger partial charge in [-0.3, -0.25) is 4.79 Å². The molecule has 7 heteroatoms. The molecule has 0 atom stereocenters. The van der Waals surface area contributed by atoms with Gasteiger partial charge in [0.2, 0.25) is 0 Å². The lowest BCUT2D eigenvalue weighted by molar-refractivity contribution is -0.123. The molecule has 0 aliphatic rings. The lowest BCUT2D eigenvalue weighted by atomic mass is 10.4. The van der Waals surface area contributed by atoms with Crippen molar-refractivity contribution in [1.29, 1.82) is 0 Å². The zero-order valence-electron chi connectivity index (χ0n) is 10.3. The van der Waals surface area contributed by atoms with Gasteiger partial charge in [-0.15, -0.1) is 0 Å². The van der Waals surface area contributed by atoms with Gasteiger partial charge >= 0.3 is 0 Å². The number of aryl methyl sites for hydroxylation is 1. The molecule has 0 saturated carbocycles. The number of hydrogen-bond donors (Lipinski definition) is 2. The highest BCUT2D eigenvalue weighted by molar-refractivity contribution is 5.77. The van der Waals surface area contributed by atoms with Crippen LogP contribution in [0.2, 0.25) is 0 Å². The van der Waals surface area contributed by atoms with Crippen LogP contribution in [0.4, 0.5) is 0 Å². The van der Waals surface area contributed by atoms with Crippen LogP contribution in [0.25, 0.3) is 0 Å². The summed E-state index contributed by atoms with van der Waals surface area (Å²) in [7, 11) is 0. The second-order valence-corrected chi connectivity index (χ2v) is 3.60. The summed E-state index contributed by atoms with van der Waals surface area (Å²) >= 11 is 0. The SMILES string of the molecule is Cc1cc(OCC(=O)NCCCOCCO)no1. The van der Waals surface area contributed by atoms with E-state index in [2.05, 4.69) is 10.5 Å². The van der Waals surface area contributed by atoms with Crippen molar-refractivity contribution < 1.29 is 23.9 Å². The maximum atomic E-state index is 11.3. The molecule has 18 heavy (non-hydrogen) atoms. The molecule has 0 bridgehead atoms. The minimum Gasteiger partial charge on any atom is -0.465 e. The number of aliphatic hydroxyl groups excluding tert-OH is 1. The molecule has 1 amide bonds. The Hall–Kier alpha value is -1.60. The molecule has 1 aromatic rings. The summed E-state index contributed by atoms with van der Waals surface area (Å²) in [6.45, 7) is 2.99. The van der Waals surface area contributed by atoms with Crippen molar-refractivity contribution in [2.45, 2.75) is 13.3 Å². The molecule has 0 aliphatic carbocycles. The molecular formula is C11H18N2O5. The molecule has 1 heterocycles. The maximum absolute atomic E-state index is 11.3. The van der Waals surface area contributed by atoms with E-state index in [0.717, 1.165) is 0 Å². The van der Waals surface area contributed by atoms with Crippen LogP contribution in [0.3, 0.4) is 0 Å². The van der Waals surface area contributed by atoms with Crippen molar-refractivity contribution in [3.63, 3.8) is 0 Å². The van der Waals surface area contributed by atoms with Gasteiger partial charge in [-0.1, -0.05) is 0 Å². The molecule has 0 saturated heterocycles. The van der Waals surface area contributed by atoms with Gasteiger partial charge in [0.1, 0.15) is 5.76 Å². The first-order valence-corrected chi connectivity index (χ1v) is 5.74. The first-order chi connectivity index (χ1) is 8.72. The number of nitrogens with zero attached hydrogens (tertiary/aromatic N) is 1.